The first-order chi connectivity index (χ1) is 13.6. The lowest BCUT2D eigenvalue weighted by Gasteiger charge is -2.36. The number of carbonyl (C=O) groups excluding carboxylic acids is 2. The predicted octanol–water partition coefficient (Wildman–Crippen LogP) is 4.74. The molecule has 2 aromatic rings. The summed E-state index contributed by atoms with van der Waals surface area (Å²) in [4.78, 5) is 25.0. The van der Waals surface area contributed by atoms with E-state index in [1.807, 2.05) is 24.3 Å². The maximum absolute atomic E-state index is 13.2. The Balaban J connectivity index is 1.36. The van der Waals surface area contributed by atoms with Crippen molar-refractivity contribution in [2.75, 3.05) is 5.32 Å². The Bertz CT molecular complexity index is 866. The molecule has 2 aliphatic rings. The predicted molar refractivity (Wildman–Crippen MR) is 104 cm³/mol. The average molecular weight is 381 g/mol. The van der Waals surface area contributed by atoms with Gasteiger partial charge in [-0.3, -0.25) is 9.59 Å². The highest BCUT2D eigenvalue weighted by Gasteiger charge is 2.41. The van der Waals surface area contributed by atoms with Crippen molar-refractivity contribution in [2.45, 2.75) is 38.7 Å². The third kappa shape index (κ3) is 4.24. The molecular weight excluding hydrogens is 357 g/mol. The van der Waals surface area contributed by atoms with Crippen LogP contribution in [0.1, 0.15) is 37.7 Å². The molecule has 4 rings (SSSR count). The van der Waals surface area contributed by atoms with Crippen molar-refractivity contribution in [1.29, 1.82) is 0 Å². The van der Waals surface area contributed by atoms with E-state index < -0.39 is 0 Å². The molecule has 2 aromatic carbocycles. The maximum atomic E-state index is 13.2. The highest BCUT2D eigenvalue weighted by molar-refractivity contribution is 5.95. The summed E-state index contributed by atoms with van der Waals surface area (Å²) in [5.41, 5.74) is 1.60. The Morgan fingerprint density at radius 1 is 1.07 bits per heavy atom. The summed E-state index contributed by atoms with van der Waals surface area (Å²) in [7, 11) is 0. The second-order valence-corrected chi connectivity index (χ2v) is 7.83. The molecule has 3 atom stereocenters. The number of halogens is 1. The van der Waals surface area contributed by atoms with Gasteiger partial charge >= 0.3 is 0 Å². The molecule has 5 heteroatoms. The number of nitrogens with one attached hydrogen (secondary N) is 1. The number of Topliss-reactive ketones (excluding diaryl/α,β-unsaturated/α-hetero) is 1. The number of carbonyl (C=O) groups is 2. The van der Waals surface area contributed by atoms with E-state index in [-0.39, 0.29) is 36.1 Å². The van der Waals surface area contributed by atoms with Crippen molar-refractivity contribution in [3.8, 4) is 5.75 Å². The molecule has 1 unspecified atom stereocenters. The van der Waals surface area contributed by atoms with E-state index in [0.29, 0.717) is 30.1 Å². The highest BCUT2D eigenvalue weighted by atomic mass is 19.1. The van der Waals surface area contributed by atoms with Crippen LogP contribution >= 0.6 is 0 Å². The van der Waals surface area contributed by atoms with Crippen molar-refractivity contribution in [1.82, 2.24) is 0 Å². The van der Waals surface area contributed by atoms with Gasteiger partial charge in [0.25, 0.3) is 0 Å². The number of hydrogen-bond acceptors (Lipinski definition) is 3. The third-order valence-electron chi connectivity index (χ3n) is 5.81. The van der Waals surface area contributed by atoms with Crippen molar-refractivity contribution < 1.29 is 18.7 Å². The Morgan fingerprint density at radius 3 is 2.57 bits per heavy atom. The van der Waals surface area contributed by atoms with Gasteiger partial charge in [0.05, 0.1) is 0 Å². The van der Waals surface area contributed by atoms with E-state index in [9.17, 15) is 14.0 Å². The summed E-state index contributed by atoms with van der Waals surface area (Å²) in [5.74, 6) is 0.519. The van der Waals surface area contributed by atoms with Gasteiger partial charge in [-0.25, -0.2) is 4.39 Å². The summed E-state index contributed by atoms with van der Waals surface area (Å²) in [6.45, 7) is 0.287. The van der Waals surface area contributed by atoms with Crippen LogP contribution in [-0.2, 0) is 16.2 Å². The van der Waals surface area contributed by atoms with Crippen LogP contribution in [-0.4, -0.2) is 11.7 Å². The summed E-state index contributed by atoms with van der Waals surface area (Å²) in [6.07, 6.45) is 4.29. The lowest BCUT2D eigenvalue weighted by molar-refractivity contribution is -0.136. The zero-order chi connectivity index (χ0) is 19.5. The van der Waals surface area contributed by atoms with Crippen LogP contribution in [0.2, 0.25) is 0 Å². The minimum absolute atomic E-state index is 0.00685. The van der Waals surface area contributed by atoms with Gasteiger partial charge in [-0.15, -0.1) is 0 Å². The number of fused-ring (bicyclic) bond motifs is 2. The zero-order valence-electron chi connectivity index (χ0n) is 15.7. The molecule has 0 heterocycles. The normalized spacial score (nSPS) is 23.9. The van der Waals surface area contributed by atoms with Gasteiger partial charge in [0.1, 0.15) is 24.0 Å². The van der Waals surface area contributed by atoms with Crippen LogP contribution in [0.4, 0.5) is 10.1 Å². The van der Waals surface area contributed by atoms with E-state index >= 15 is 0 Å². The van der Waals surface area contributed by atoms with Gasteiger partial charge in [0.15, 0.2) is 0 Å². The van der Waals surface area contributed by atoms with Gasteiger partial charge in [0, 0.05) is 29.5 Å². The summed E-state index contributed by atoms with van der Waals surface area (Å²) >= 11 is 0. The van der Waals surface area contributed by atoms with Crippen LogP contribution in [0.5, 0.6) is 5.75 Å². The molecule has 1 amide bonds. The second-order valence-electron chi connectivity index (χ2n) is 7.83. The topological polar surface area (TPSA) is 55.4 Å². The molecule has 0 saturated heterocycles. The summed E-state index contributed by atoms with van der Waals surface area (Å²) in [6, 6.07) is 13.5. The van der Waals surface area contributed by atoms with Crippen LogP contribution < -0.4 is 10.1 Å². The quantitative estimate of drug-likeness (QED) is 0.814. The number of ether oxygens (including phenoxy) is 1. The first-order valence-corrected chi connectivity index (χ1v) is 9.90. The van der Waals surface area contributed by atoms with Crippen LogP contribution in [0, 0.1) is 23.6 Å². The van der Waals surface area contributed by atoms with Crippen LogP contribution in [0.15, 0.2) is 48.5 Å². The van der Waals surface area contributed by atoms with E-state index in [2.05, 4.69) is 5.32 Å². The molecule has 2 saturated carbocycles. The van der Waals surface area contributed by atoms with Crippen LogP contribution in [0.3, 0.4) is 0 Å². The van der Waals surface area contributed by atoms with E-state index in [0.717, 1.165) is 24.8 Å². The molecule has 2 bridgehead atoms. The van der Waals surface area contributed by atoms with E-state index in [1.54, 1.807) is 12.1 Å². The van der Waals surface area contributed by atoms with E-state index in [4.69, 9.17) is 4.74 Å². The van der Waals surface area contributed by atoms with Crippen molar-refractivity contribution in [3.05, 3.63) is 59.9 Å². The number of rotatable bonds is 5. The lowest BCUT2D eigenvalue weighted by Crippen LogP contribution is -2.40. The molecule has 0 aliphatic heterocycles. The summed E-state index contributed by atoms with van der Waals surface area (Å²) in [5, 5.41) is 3.00. The fourth-order valence-corrected chi connectivity index (χ4v) is 4.40. The zero-order valence-corrected chi connectivity index (χ0v) is 15.7. The SMILES string of the molecule is O=C(Nc1cccc(COc2cccc(F)c2)c1)C1C[C@H]2CCC[C@@H](C1)C2=O. The largest absolute Gasteiger partial charge is 0.489 e. The monoisotopic (exact) mass is 381 g/mol. The fraction of sp³-hybridized carbons (Fsp3) is 0.391. The summed E-state index contributed by atoms with van der Waals surface area (Å²) < 4.78 is 18.9. The minimum Gasteiger partial charge on any atom is -0.489 e. The van der Waals surface area contributed by atoms with Crippen molar-refractivity contribution >= 4 is 17.4 Å². The van der Waals surface area contributed by atoms with Crippen molar-refractivity contribution in [2.24, 2.45) is 17.8 Å². The number of hydrogen-bond donors (Lipinski definition) is 1. The van der Waals surface area contributed by atoms with Gasteiger partial charge in [-0.2, -0.15) is 0 Å². The fourth-order valence-electron chi connectivity index (χ4n) is 4.40. The molecule has 2 aliphatic carbocycles. The molecule has 4 nitrogen and oxygen atoms in total. The molecule has 0 spiro atoms. The van der Waals surface area contributed by atoms with Gasteiger partial charge in [0.2, 0.25) is 5.91 Å². The lowest BCUT2D eigenvalue weighted by atomic mass is 9.67. The first-order valence-electron chi connectivity index (χ1n) is 9.90. The number of ketones is 1. The van der Waals surface area contributed by atoms with Crippen LogP contribution in [0.25, 0.3) is 0 Å². The molecule has 28 heavy (non-hydrogen) atoms. The molecule has 1 N–H and O–H groups in total. The standard InChI is InChI=1S/C23H24FNO3/c24-19-7-3-9-21(13-19)28-14-15-4-1-8-20(10-15)25-23(27)18-11-16-5-2-6-17(12-18)22(16)26/h1,3-4,7-10,13,16-18H,2,5-6,11-12,14H2,(H,25,27)/t16-,17+,18?. The highest BCUT2D eigenvalue weighted by Crippen LogP contribution is 2.40. The van der Waals surface area contributed by atoms with Crippen molar-refractivity contribution in [3.63, 3.8) is 0 Å². The Labute approximate surface area is 164 Å². The van der Waals surface area contributed by atoms with Gasteiger partial charge < -0.3 is 10.1 Å². The molecular formula is C23H24FNO3. The molecule has 0 aromatic heterocycles. The Morgan fingerprint density at radius 2 is 1.82 bits per heavy atom. The second kappa shape index (κ2) is 8.13. The first kappa shape index (κ1) is 18.7. The molecule has 0 radical (unpaired) electrons. The Kier molecular flexibility index (Phi) is 5.42. The number of anilines is 1. The minimum atomic E-state index is -0.339. The maximum Gasteiger partial charge on any atom is 0.227 e. The van der Waals surface area contributed by atoms with Gasteiger partial charge in [-0.1, -0.05) is 24.6 Å². The third-order valence-corrected chi connectivity index (χ3v) is 5.81. The number of benzene rings is 2. The molecule has 2 fully saturated rings. The van der Waals surface area contributed by atoms with Gasteiger partial charge in [-0.05, 0) is 55.5 Å². The van der Waals surface area contributed by atoms with E-state index in [1.165, 1.54) is 12.1 Å². The average Bonchev–Trinajstić information content (AvgIpc) is 2.66. The smallest absolute Gasteiger partial charge is 0.227 e. The Hall–Kier alpha value is -2.69. The number of amides is 1. The molecule has 146 valence electrons.